The van der Waals surface area contributed by atoms with E-state index in [1.165, 1.54) is 0 Å². The van der Waals surface area contributed by atoms with Crippen LogP contribution in [0.1, 0.15) is 23.4 Å². The summed E-state index contributed by atoms with van der Waals surface area (Å²) in [6.45, 7) is 8.61. The molecular formula is C28H34ClN5O3. The third-order valence-electron chi connectivity index (χ3n) is 7.42. The molecule has 1 amide bonds. The summed E-state index contributed by atoms with van der Waals surface area (Å²) >= 11 is 6.36. The van der Waals surface area contributed by atoms with Crippen molar-refractivity contribution in [2.45, 2.75) is 13.1 Å². The van der Waals surface area contributed by atoms with Crippen LogP contribution in [0.5, 0.6) is 5.75 Å². The van der Waals surface area contributed by atoms with Gasteiger partial charge in [0.1, 0.15) is 11.9 Å². The molecule has 2 saturated heterocycles. The van der Waals surface area contributed by atoms with Crippen LogP contribution < -0.4 is 9.64 Å². The van der Waals surface area contributed by atoms with E-state index in [1.807, 2.05) is 52.9 Å². The topological polar surface area (TPSA) is 61.3 Å². The largest absolute Gasteiger partial charge is 0.492 e. The van der Waals surface area contributed by atoms with Crippen LogP contribution in [0.15, 0.2) is 48.7 Å². The molecular weight excluding hydrogens is 490 g/mol. The van der Waals surface area contributed by atoms with E-state index < -0.39 is 6.17 Å². The fourth-order valence-electron chi connectivity index (χ4n) is 5.34. The number of fused-ring (bicyclic) bond motifs is 1. The Balaban J connectivity index is 1.39. The molecule has 196 valence electrons. The van der Waals surface area contributed by atoms with E-state index in [1.54, 1.807) is 6.07 Å². The van der Waals surface area contributed by atoms with E-state index in [9.17, 15) is 9.59 Å². The van der Waals surface area contributed by atoms with Gasteiger partial charge in [0.15, 0.2) is 6.29 Å². The predicted octanol–water partition coefficient (Wildman–Crippen LogP) is 3.60. The molecule has 2 aliphatic heterocycles. The first-order chi connectivity index (χ1) is 18.0. The molecule has 0 saturated carbocycles. The minimum absolute atomic E-state index is 0.0214. The van der Waals surface area contributed by atoms with E-state index in [0.29, 0.717) is 30.3 Å². The molecule has 8 nitrogen and oxygen atoms in total. The Labute approximate surface area is 222 Å². The molecule has 2 aliphatic rings. The number of likely N-dealkylation sites (N-methyl/N-ethyl adjacent to an activating group) is 1. The molecule has 0 aliphatic carbocycles. The Hall–Kier alpha value is -3.07. The number of rotatable bonds is 7. The summed E-state index contributed by atoms with van der Waals surface area (Å²) in [4.78, 5) is 34.7. The maximum Gasteiger partial charge on any atom is 0.256 e. The fourth-order valence-corrected chi connectivity index (χ4v) is 5.51. The molecule has 2 aromatic carbocycles. The summed E-state index contributed by atoms with van der Waals surface area (Å²) in [6.07, 6.45) is 2.33. The van der Waals surface area contributed by atoms with E-state index in [4.69, 9.17) is 16.3 Å². The summed E-state index contributed by atoms with van der Waals surface area (Å²) in [5.74, 6) is 0.848. The van der Waals surface area contributed by atoms with Gasteiger partial charge in [0.25, 0.3) is 5.91 Å². The number of aldehydes is 1. The van der Waals surface area contributed by atoms with Gasteiger partial charge in [-0.25, -0.2) is 0 Å². The zero-order valence-electron chi connectivity index (χ0n) is 21.5. The number of carbonyl (C=O) groups is 2. The highest BCUT2D eigenvalue weighted by Gasteiger charge is 2.29. The van der Waals surface area contributed by atoms with Gasteiger partial charge in [0.2, 0.25) is 0 Å². The predicted molar refractivity (Wildman–Crippen MR) is 147 cm³/mol. The molecule has 1 unspecified atom stereocenters. The summed E-state index contributed by atoms with van der Waals surface area (Å²) in [7, 11) is 2.09. The Bertz CT molecular complexity index is 1260. The molecule has 3 heterocycles. The van der Waals surface area contributed by atoms with Gasteiger partial charge >= 0.3 is 0 Å². The second-order valence-electron chi connectivity index (χ2n) is 9.68. The second-order valence-corrected chi connectivity index (χ2v) is 10.1. The number of nitrogens with zero attached hydrogens (tertiary/aromatic N) is 5. The molecule has 9 heteroatoms. The van der Waals surface area contributed by atoms with Crippen LogP contribution >= 0.6 is 11.6 Å². The zero-order chi connectivity index (χ0) is 25.9. The number of amides is 1. The van der Waals surface area contributed by atoms with Crippen molar-refractivity contribution in [2.24, 2.45) is 0 Å². The van der Waals surface area contributed by atoms with Crippen molar-refractivity contribution in [2.75, 3.05) is 70.9 Å². The van der Waals surface area contributed by atoms with Gasteiger partial charge in [-0.05, 0) is 38.2 Å². The van der Waals surface area contributed by atoms with E-state index >= 15 is 0 Å². The van der Waals surface area contributed by atoms with Crippen LogP contribution in [0, 0.1) is 0 Å². The van der Waals surface area contributed by atoms with E-state index in [2.05, 4.69) is 27.8 Å². The smallest absolute Gasteiger partial charge is 0.256 e. The molecule has 3 aromatic rings. The maximum atomic E-state index is 13.8. The van der Waals surface area contributed by atoms with Gasteiger partial charge in [0.05, 0.1) is 23.4 Å². The number of aromatic nitrogens is 1. The minimum Gasteiger partial charge on any atom is -0.492 e. The summed E-state index contributed by atoms with van der Waals surface area (Å²) in [5, 5.41) is 1.40. The lowest BCUT2D eigenvalue weighted by Crippen LogP contribution is -2.49. The number of anilines is 1. The molecule has 1 atom stereocenters. The number of hydrogen-bond donors (Lipinski definition) is 0. The van der Waals surface area contributed by atoms with Gasteiger partial charge in [-0.1, -0.05) is 29.8 Å². The van der Waals surface area contributed by atoms with Crippen molar-refractivity contribution in [3.8, 4) is 5.75 Å². The quantitative estimate of drug-likeness (QED) is 0.441. The van der Waals surface area contributed by atoms with Crippen molar-refractivity contribution >= 4 is 40.4 Å². The molecule has 37 heavy (non-hydrogen) atoms. The van der Waals surface area contributed by atoms with Gasteiger partial charge in [-0.15, -0.1) is 0 Å². The summed E-state index contributed by atoms with van der Waals surface area (Å²) in [6, 6.07) is 13.6. The first-order valence-corrected chi connectivity index (χ1v) is 13.3. The first kappa shape index (κ1) is 25.6. The third kappa shape index (κ3) is 5.19. The van der Waals surface area contributed by atoms with E-state index in [0.717, 1.165) is 67.9 Å². The Morgan fingerprint density at radius 2 is 1.76 bits per heavy atom. The van der Waals surface area contributed by atoms with Crippen LogP contribution in [-0.2, 0) is 4.79 Å². The Morgan fingerprint density at radius 3 is 2.46 bits per heavy atom. The monoisotopic (exact) mass is 523 g/mol. The van der Waals surface area contributed by atoms with Crippen molar-refractivity contribution in [3.05, 3.63) is 59.2 Å². The van der Waals surface area contributed by atoms with Crippen molar-refractivity contribution in [1.29, 1.82) is 0 Å². The lowest BCUT2D eigenvalue weighted by molar-refractivity contribution is -0.116. The number of hydrogen-bond acceptors (Lipinski definition) is 6. The van der Waals surface area contributed by atoms with Gasteiger partial charge < -0.3 is 24.0 Å². The number of halogens is 1. The molecule has 0 radical (unpaired) electrons. The standard InChI is InChI=1S/C28H34ClN5O3/c1-3-37-26-7-5-4-6-24(26)31-14-16-33(17-15-31)28(36)23-19-34(25-18-21(29)8-9-22(23)25)27(20-35)32-12-10-30(2)11-13-32/h4-9,18-20,27H,3,10-17H2,1-2H3. The van der Waals surface area contributed by atoms with Gasteiger partial charge in [-0.3, -0.25) is 14.5 Å². The van der Waals surface area contributed by atoms with Crippen molar-refractivity contribution in [1.82, 2.24) is 19.3 Å². The Kier molecular flexibility index (Phi) is 7.69. The maximum absolute atomic E-state index is 13.8. The van der Waals surface area contributed by atoms with E-state index in [-0.39, 0.29) is 5.91 Å². The first-order valence-electron chi connectivity index (χ1n) is 12.9. The second kappa shape index (κ2) is 11.1. The molecule has 0 N–H and O–H groups in total. The number of ether oxygens (including phenoxy) is 1. The highest BCUT2D eigenvalue weighted by molar-refractivity contribution is 6.31. The number of para-hydroxylation sites is 2. The van der Waals surface area contributed by atoms with Crippen LogP contribution in [0.4, 0.5) is 5.69 Å². The number of benzene rings is 2. The molecule has 1 aromatic heterocycles. The molecule has 5 rings (SSSR count). The molecule has 2 fully saturated rings. The highest BCUT2D eigenvalue weighted by Crippen LogP contribution is 2.32. The summed E-state index contributed by atoms with van der Waals surface area (Å²) < 4.78 is 7.73. The SMILES string of the molecule is CCOc1ccccc1N1CCN(C(=O)c2cn(C(C=O)N3CCN(C)CC3)c3cc(Cl)ccc23)CC1. The Morgan fingerprint density at radius 1 is 1.03 bits per heavy atom. The highest BCUT2D eigenvalue weighted by atomic mass is 35.5. The number of carbonyl (C=O) groups excluding carboxylic acids is 2. The zero-order valence-corrected chi connectivity index (χ0v) is 22.2. The van der Waals surface area contributed by atoms with Crippen LogP contribution in [0.3, 0.4) is 0 Å². The average molecular weight is 524 g/mol. The molecule has 0 spiro atoms. The van der Waals surface area contributed by atoms with Gasteiger partial charge in [0, 0.05) is 69.0 Å². The van der Waals surface area contributed by atoms with Crippen LogP contribution in [-0.4, -0.2) is 97.5 Å². The minimum atomic E-state index is -0.483. The fraction of sp³-hybridized carbons (Fsp3) is 0.429. The van der Waals surface area contributed by atoms with Gasteiger partial charge in [-0.2, -0.15) is 0 Å². The third-order valence-corrected chi connectivity index (χ3v) is 7.65. The lowest BCUT2D eigenvalue weighted by Gasteiger charge is -2.37. The average Bonchev–Trinajstić information content (AvgIpc) is 3.29. The lowest BCUT2D eigenvalue weighted by atomic mass is 10.1. The number of piperazine rings is 2. The van der Waals surface area contributed by atoms with Crippen molar-refractivity contribution < 1.29 is 14.3 Å². The van der Waals surface area contributed by atoms with Crippen LogP contribution in [0.2, 0.25) is 5.02 Å². The van der Waals surface area contributed by atoms with Crippen molar-refractivity contribution in [3.63, 3.8) is 0 Å². The summed E-state index contributed by atoms with van der Waals surface area (Å²) in [5.41, 5.74) is 2.47. The van der Waals surface area contributed by atoms with Crippen LogP contribution in [0.25, 0.3) is 10.9 Å². The normalized spacial score (nSPS) is 18.2. The molecule has 0 bridgehead atoms.